The van der Waals surface area contributed by atoms with Crippen molar-refractivity contribution in [1.82, 2.24) is 30.3 Å². The van der Waals surface area contributed by atoms with Gasteiger partial charge in [-0.3, -0.25) is 14.8 Å². The smallest absolute Gasteiger partial charge is 0.227 e. The SMILES string of the molecule is Cc1nc(CN2CCC(C(=O)Nc3cccc(-c4nnc(C)s4)c3)CC2)n[nH]1. The van der Waals surface area contributed by atoms with Crippen molar-refractivity contribution >= 4 is 22.9 Å². The number of aryl methyl sites for hydroxylation is 2. The summed E-state index contributed by atoms with van der Waals surface area (Å²) in [6, 6.07) is 7.79. The van der Waals surface area contributed by atoms with Gasteiger partial charge in [0.15, 0.2) is 5.82 Å². The van der Waals surface area contributed by atoms with E-state index in [1.165, 1.54) is 0 Å². The van der Waals surface area contributed by atoms with Gasteiger partial charge in [0.1, 0.15) is 15.8 Å². The molecule has 0 aliphatic carbocycles. The maximum Gasteiger partial charge on any atom is 0.227 e. The predicted molar refractivity (Wildman–Crippen MR) is 108 cm³/mol. The largest absolute Gasteiger partial charge is 0.326 e. The van der Waals surface area contributed by atoms with Gasteiger partial charge in [-0.15, -0.1) is 10.2 Å². The Morgan fingerprint density at radius 1 is 1.29 bits per heavy atom. The van der Waals surface area contributed by atoms with Gasteiger partial charge < -0.3 is 5.32 Å². The topological polar surface area (TPSA) is 99.7 Å². The van der Waals surface area contributed by atoms with E-state index in [0.29, 0.717) is 0 Å². The van der Waals surface area contributed by atoms with Gasteiger partial charge >= 0.3 is 0 Å². The number of aromatic nitrogens is 5. The molecule has 1 amide bonds. The van der Waals surface area contributed by atoms with Crippen molar-refractivity contribution in [1.29, 1.82) is 0 Å². The third-order valence-electron chi connectivity index (χ3n) is 4.87. The molecule has 146 valence electrons. The first-order valence-corrected chi connectivity index (χ1v) is 10.2. The van der Waals surface area contributed by atoms with Gasteiger partial charge in [-0.2, -0.15) is 5.10 Å². The molecule has 8 nitrogen and oxygen atoms in total. The number of carbonyl (C=O) groups is 1. The quantitative estimate of drug-likeness (QED) is 0.687. The molecule has 0 bridgehead atoms. The van der Waals surface area contributed by atoms with Gasteiger partial charge in [0.2, 0.25) is 5.91 Å². The molecule has 2 N–H and O–H groups in total. The van der Waals surface area contributed by atoms with Crippen LogP contribution in [0.15, 0.2) is 24.3 Å². The summed E-state index contributed by atoms with van der Waals surface area (Å²) in [6.07, 6.45) is 1.68. The Morgan fingerprint density at radius 2 is 2.11 bits per heavy atom. The molecule has 1 aliphatic heterocycles. The zero-order chi connectivity index (χ0) is 19.5. The number of anilines is 1. The van der Waals surface area contributed by atoms with Crippen LogP contribution in [-0.4, -0.2) is 49.3 Å². The molecule has 1 saturated heterocycles. The van der Waals surface area contributed by atoms with Gasteiger partial charge in [-0.25, -0.2) is 4.98 Å². The minimum absolute atomic E-state index is 0.0255. The summed E-state index contributed by atoms with van der Waals surface area (Å²) < 4.78 is 0. The van der Waals surface area contributed by atoms with Crippen LogP contribution >= 0.6 is 11.3 Å². The Balaban J connectivity index is 1.32. The van der Waals surface area contributed by atoms with E-state index in [1.54, 1.807) is 11.3 Å². The minimum atomic E-state index is 0.0255. The van der Waals surface area contributed by atoms with Crippen LogP contribution in [0, 0.1) is 19.8 Å². The number of nitrogens with one attached hydrogen (secondary N) is 2. The van der Waals surface area contributed by atoms with Crippen LogP contribution in [0.3, 0.4) is 0 Å². The van der Waals surface area contributed by atoms with E-state index in [1.807, 2.05) is 38.1 Å². The second kappa shape index (κ2) is 8.15. The highest BCUT2D eigenvalue weighted by atomic mass is 32.1. The van der Waals surface area contributed by atoms with Crippen molar-refractivity contribution in [2.24, 2.45) is 5.92 Å². The van der Waals surface area contributed by atoms with Crippen LogP contribution in [0.5, 0.6) is 0 Å². The molecule has 0 unspecified atom stereocenters. The number of benzene rings is 1. The first-order valence-electron chi connectivity index (χ1n) is 9.38. The number of hydrogen-bond acceptors (Lipinski definition) is 7. The Labute approximate surface area is 167 Å². The van der Waals surface area contributed by atoms with Crippen LogP contribution in [0.1, 0.15) is 29.5 Å². The lowest BCUT2D eigenvalue weighted by Crippen LogP contribution is -2.38. The van der Waals surface area contributed by atoms with Crippen molar-refractivity contribution in [2.45, 2.75) is 33.2 Å². The molecule has 1 aromatic carbocycles. The average Bonchev–Trinajstić information content (AvgIpc) is 3.31. The number of H-pyrrole nitrogens is 1. The third-order valence-corrected chi connectivity index (χ3v) is 5.76. The summed E-state index contributed by atoms with van der Waals surface area (Å²) in [5.74, 6) is 1.75. The van der Waals surface area contributed by atoms with Crippen LogP contribution in [0.4, 0.5) is 5.69 Å². The Kier molecular flexibility index (Phi) is 5.45. The molecule has 2 aromatic heterocycles. The average molecular weight is 398 g/mol. The molecule has 0 radical (unpaired) electrons. The van der Waals surface area contributed by atoms with E-state index in [-0.39, 0.29) is 11.8 Å². The van der Waals surface area contributed by atoms with E-state index in [9.17, 15) is 4.79 Å². The van der Waals surface area contributed by atoms with Crippen LogP contribution in [-0.2, 0) is 11.3 Å². The number of likely N-dealkylation sites (tertiary alicyclic amines) is 1. The fraction of sp³-hybridized carbons (Fsp3) is 0.421. The summed E-state index contributed by atoms with van der Waals surface area (Å²) in [7, 11) is 0. The summed E-state index contributed by atoms with van der Waals surface area (Å²) in [5, 5.41) is 20.2. The van der Waals surface area contributed by atoms with Crippen LogP contribution < -0.4 is 5.32 Å². The molecule has 4 rings (SSSR count). The van der Waals surface area contributed by atoms with Crippen molar-refractivity contribution in [2.75, 3.05) is 18.4 Å². The van der Waals surface area contributed by atoms with Gasteiger partial charge in [0.25, 0.3) is 0 Å². The normalized spacial score (nSPS) is 15.6. The Bertz CT molecular complexity index is 959. The summed E-state index contributed by atoms with van der Waals surface area (Å²) >= 11 is 1.55. The van der Waals surface area contributed by atoms with Gasteiger partial charge in [0.05, 0.1) is 6.54 Å². The monoisotopic (exact) mass is 397 g/mol. The Morgan fingerprint density at radius 3 is 2.79 bits per heavy atom. The van der Waals surface area contributed by atoms with Gasteiger partial charge in [0, 0.05) is 17.2 Å². The van der Waals surface area contributed by atoms with E-state index in [4.69, 9.17) is 0 Å². The molecule has 3 heterocycles. The molecule has 28 heavy (non-hydrogen) atoms. The standard InChI is InChI=1S/C19H23N7OS/c1-12-20-17(24-22-12)11-26-8-6-14(7-9-26)18(27)21-16-5-3-4-15(10-16)19-25-23-13(2)28-19/h3-5,10,14H,6-9,11H2,1-2H3,(H,21,27)(H,20,22,24). The first-order chi connectivity index (χ1) is 13.6. The number of amides is 1. The minimum Gasteiger partial charge on any atom is -0.326 e. The molecule has 0 saturated carbocycles. The van der Waals surface area contributed by atoms with Crippen LogP contribution in [0.25, 0.3) is 10.6 Å². The lowest BCUT2D eigenvalue weighted by Gasteiger charge is -2.30. The highest BCUT2D eigenvalue weighted by Crippen LogP contribution is 2.26. The number of nitrogens with zero attached hydrogens (tertiary/aromatic N) is 5. The molecule has 9 heteroatoms. The number of carbonyl (C=O) groups excluding carboxylic acids is 1. The first kappa shape index (κ1) is 18.7. The summed E-state index contributed by atoms with van der Waals surface area (Å²) in [4.78, 5) is 19.4. The molecule has 0 spiro atoms. The van der Waals surface area contributed by atoms with Gasteiger partial charge in [-0.05, 0) is 51.9 Å². The zero-order valence-corrected chi connectivity index (χ0v) is 16.8. The zero-order valence-electron chi connectivity index (χ0n) is 16.0. The molecular weight excluding hydrogens is 374 g/mol. The maximum absolute atomic E-state index is 12.7. The highest BCUT2D eigenvalue weighted by Gasteiger charge is 2.25. The highest BCUT2D eigenvalue weighted by molar-refractivity contribution is 7.14. The lowest BCUT2D eigenvalue weighted by molar-refractivity contribution is -0.121. The van der Waals surface area contributed by atoms with Crippen molar-refractivity contribution < 1.29 is 4.79 Å². The van der Waals surface area contributed by atoms with E-state index >= 15 is 0 Å². The van der Waals surface area contributed by atoms with E-state index in [2.05, 4.69) is 35.6 Å². The summed E-state index contributed by atoms with van der Waals surface area (Å²) in [5.41, 5.74) is 1.77. The van der Waals surface area contributed by atoms with Crippen molar-refractivity contribution in [3.05, 3.63) is 40.9 Å². The van der Waals surface area contributed by atoms with Crippen molar-refractivity contribution in [3.8, 4) is 10.6 Å². The second-order valence-corrected chi connectivity index (χ2v) is 8.27. The lowest BCUT2D eigenvalue weighted by atomic mass is 9.95. The molecule has 1 fully saturated rings. The fourth-order valence-electron chi connectivity index (χ4n) is 3.40. The number of aromatic amines is 1. The molecule has 0 atom stereocenters. The predicted octanol–water partition coefficient (Wildman–Crippen LogP) is 2.79. The second-order valence-electron chi connectivity index (χ2n) is 7.08. The molecule has 3 aromatic rings. The maximum atomic E-state index is 12.7. The summed E-state index contributed by atoms with van der Waals surface area (Å²) in [6.45, 7) is 6.30. The Hall–Kier alpha value is -2.65. The molecular formula is C19H23N7OS. The molecule has 1 aliphatic rings. The fourth-order valence-corrected chi connectivity index (χ4v) is 4.09. The van der Waals surface area contributed by atoms with Gasteiger partial charge in [-0.1, -0.05) is 23.5 Å². The number of rotatable bonds is 5. The van der Waals surface area contributed by atoms with E-state index < -0.39 is 0 Å². The van der Waals surface area contributed by atoms with E-state index in [0.717, 1.165) is 65.4 Å². The van der Waals surface area contributed by atoms with Crippen molar-refractivity contribution in [3.63, 3.8) is 0 Å². The number of hydrogen-bond donors (Lipinski definition) is 2. The third kappa shape index (κ3) is 4.42. The van der Waals surface area contributed by atoms with Crippen LogP contribution in [0.2, 0.25) is 0 Å². The number of piperidine rings is 1.